The number of benzene rings is 2. The van der Waals surface area contributed by atoms with Gasteiger partial charge in [0.1, 0.15) is 5.82 Å². The molecule has 24 heavy (non-hydrogen) atoms. The molecule has 1 aliphatic rings. The quantitative estimate of drug-likeness (QED) is 0.938. The Morgan fingerprint density at radius 2 is 2.00 bits per heavy atom. The lowest BCUT2D eigenvalue weighted by Crippen LogP contribution is -2.34. The molecule has 2 amide bonds. The minimum atomic E-state index is -0.366. The second-order valence-corrected chi connectivity index (χ2v) is 6.10. The maximum absolute atomic E-state index is 13.5. The van der Waals surface area contributed by atoms with E-state index in [9.17, 15) is 14.0 Å². The van der Waals surface area contributed by atoms with E-state index in [1.807, 2.05) is 30.3 Å². The number of hydrogen-bond acceptors (Lipinski definition) is 2. The normalized spacial score (nSPS) is 17.2. The molecule has 1 aliphatic heterocycles. The zero-order valence-corrected chi connectivity index (χ0v) is 13.5. The number of halogens is 1. The third-order valence-corrected chi connectivity index (χ3v) is 4.28. The number of aryl methyl sites for hydroxylation is 1. The largest absolute Gasteiger partial charge is 0.333 e. The Balaban J connectivity index is 1.60. The van der Waals surface area contributed by atoms with Crippen LogP contribution in [0.3, 0.4) is 0 Å². The molecule has 0 spiro atoms. The van der Waals surface area contributed by atoms with E-state index in [0.29, 0.717) is 24.2 Å². The van der Waals surface area contributed by atoms with E-state index in [0.717, 1.165) is 5.56 Å². The summed E-state index contributed by atoms with van der Waals surface area (Å²) in [5.41, 5.74) is 2.03. The number of nitrogens with one attached hydrogen (secondary N) is 1. The first-order valence-corrected chi connectivity index (χ1v) is 7.91. The summed E-state index contributed by atoms with van der Waals surface area (Å²) in [4.78, 5) is 25.8. The van der Waals surface area contributed by atoms with Gasteiger partial charge in [-0.2, -0.15) is 0 Å². The molecule has 2 aromatic rings. The minimum Gasteiger partial charge on any atom is -0.333 e. The first-order chi connectivity index (χ1) is 11.5. The van der Waals surface area contributed by atoms with Crippen molar-refractivity contribution in [3.63, 3.8) is 0 Å². The zero-order valence-electron chi connectivity index (χ0n) is 13.5. The molecule has 1 N–H and O–H groups in total. The van der Waals surface area contributed by atoms with Crippen molar-refractivity contribution in [1.82, 2.24) is 4.90 Å². The monoisotopic (exact) mass is 326 g/mol. The lowest BCUT2D eigenvalue weighted by molar-refractivity contribution is -0.131. The molecule has 0 radical (unpaired) electrons. The number of anilines is 1. The van der Waals surface area contributed by atoms with Crippen LogP contribution in [-0.2, 0) is 9.59 Å². The van der Waals surface area contributed by atoms with Gasteiger partial charge in [0.05, 0.1) is 6.54 Å². The van der Waals surface area contributed by atoms with E-state index >= 15 is 0 Å². The van der Waals surface area contributed by atoms with Gasteiger partial charge >= 0.3 is 0 Å². The average molecular weight is 326 g/mol. The Bertz CT molecular complexity index is 761. The van der Waals surface area contributed by atoms with Gasteiger partial charge in [-0.15, -0.1) is 0 Å². The van der Waals surface area contributed by atoms with Crippen molar-refractivity contribution in [2.45, 2.75) is 19.3 Å². The summed E-state index contributed by atoms with van der Waals surface area (Å²) in [5, 5.41) is 2.64. The maximum Gasteiger partial charge on any atom is 0.243 e. The van der Waals surface area contributed by atoms with Crippen LogP contribution in [0, 0.1) is 12.7 Å². The Labute approximate surface area is 140 Å². The van der Waals surface area contributed by atoms with E-state index in [2.05, 4.69) is 5.32 Å². The maximum atomic E-state index is 13.5. The van der Waals surface area contributed by atoms with E-state index in [4.69, 9.17) is 0 Å². The topological polar surface area (TPSA) is 49.4 Å². The minimum absolute atomic E-state index is 0.0162. The molecule has 124 valence electrons. The number of rotatable bonds is 4. The van der Waals surface area contributed by atoms with Gasteiger partial charge in [0.15, 0.2) is 0 Å². The third-order valence-electron chi connectivity index (χ3n) is 4.28. The smallest absolute Gasteiger partial charge is 0.243 e. The second-order valence-electron chi connectivity index (χ2n) is 6.10. The van der Waals surface area contributed by atoms with Crippen LogP contribution in [0.5, 0.6) is 0 Å². The fourth-order valence-corrected chi connectivity index (χ4v) is 2.92. The second kappa shape index (κ2) is 6.83. The highest BCUT2D eigenvalue weighted by Gasteiger charge is 2.31. The number of hydrogen-bond donors (Lipinski definition) is 1. The first-order valence-electron chi connectivity index (χ1n) is 7.91. The highest BCUT2D eigenvalue weighted by Crippen LogP contribution is 2.27. The molecule has 0 saturated carbocycles. The Morgan fingerprint density at radius 3 is 2.71 bits per heavy atom. The molecule has 2 aromatic carbocycles. The van der Waals surface area contributed by atoms with Gasteiger partial charge in [-0.25, -0.2) is 4.39 Å². The van der Waals surface area contributed by atoms with Crippen molar-refractivity contribution in [2.24, 2.45) is 0 Å². The van der Waals surface area contributed by atoms with Crippen LogP contribution in [-0.4, -0.2) is 29.8 Å². The number of carbonyl (C=O) groups excluding carboxylic acids is 2. The number of amides is 2. The van der Waals surface area contributed by atoms with Crippen LogP contribution in [0.15, 0.2) is 48.5 Å². The molecular formula is C19H19FN2O2. The van der Waals surface area contributed by atoms with Crippen LogP contribution < -0.4 is 5.32 Å². The Hall–Kier alpha value is -2.69. The van der Waals surface area contributed by atoms with Crippen molar-refractivity contribution in [2.75, 3.05) is 18.4 Å². The first kappa shape index (κ1) is 16.2. The lowest BCUT2D eigenvalue weighted by atomic mass is 9.99. The Kier molecular flexibility index (Phi) is 4.60. The van der Waals surface area contributed by atoms with Gasteiger partial charge in [-0.05, 0) is 30.2 Å². The highest BCUT2D eigenvalue weighted by atomic mass is 19.1. The summed E-state index contributed by atoms with van der Waals surface area (Å²) in [6.07, 6.45) is 0.413. The Morgan fingerprint density at radius 1 is 1.25 bits per heavy atom. The molecule has 0 aliphatic carbocycles. The molecule has 5 heteroatoms. The lowest BCUT2D eigenvalue weighted by Gasteiger charge is -2.16. The molecule has 1 heterocycles. The third kappa shape index (κ3) is 3.62. The van der Waals surface area contributed by atoms with Crippen LogP contribution >= 0.6 is 0 Å². The summed E-state index contributed by atoms with van der Waals surface area (Å²) < 4.78 is 13.5. The highest BCUT2D eigenvalue weighted by molar-refractivity contribution is 5.95. The van der Waals surface area contributed by atoms with E-state index < -0.39 is 0 Å². The fraction of sp³-hybridized carbons (Fsp3) is 0.263. The standard InChI is InChI=1S/C19H19FN2O2/c1-13-7-8-16(10-17(13)20)21-18(23)12-22-11-15(9-19(22)24)14-5-3-2-4-6-14/h2-8,10,15H,9,11-12H2,1H3,(H,21,23)/t15-/m0/s1. The van der Waals surface area contributed by atoms with Gasteiger partial charge in [0.2, 0.25) is 11.8 Å². The summed E-state index contributed by atoms with van der Waals surface area (Å²) in [6, 6.07) is 14.4. The summed E-state index contributed by atoms with van der Waals surface area (Å²) in [5.74, 6) is -0.605. The van der Waals surface area contributed by atoms with Gasteiger partial charge < -0.3 is 10.2 Å². The molecule has 1 fully saturated rings. The van der Waals surface area contributed by atoms with Gasteiger partial charge in [0, 0.05) is 24.6 Å². The zero-order chi connectivity index (χ0) is 17.1. The van der Waals surface area contributed by atoms with Gasteiger partial charge in [-0.3, -0.25) is 9.59 Å². The summed E-state index contributed by atoms with van der Waals surface area (Å²) >= 11 is 0. The van der Waals surface area contributed by atoms with E-state index in [-0.39, 0.29) is 30.1 Å². The van der Waals surface area contributed by atoms with Crippen LogP contribution in [0.25, 0.3) is 0 Å². The molecule has 3 rings (SSSR count). The predicted molar refractivity (Wildman–Crippen MR) is 90.1 cm³/mol. The molecule has 1 atom stereocenters. The average Bonchev–Trinajstić information content (AvgIpc) is 2.93. The molecule has 0 bridgehead atoms. The summed E-state index contributed by atoms with van der Waals surface area (Å²) in [6.45, 7) is 2.17. The molecule has 1 saturated heterocycles. The number of carbonyl (C=O) groups is 2. The van der Waals surface area contributed by atoms with Crippen LogP contribution in [0.1, 0.15) is 23.5 Å². The number of likely N-dealkylation sites (tertiary alicyclic amines) is 1. The van der Waals surface area contributed by atoms with Crippen molar-refractivity contribution >= 4 is 17.5 Å². The van der Waals surface area contributed by atoms with Gasteiger partial charge in [0.25, 0.3) is 0 Å². The van der Waals surface area contributed by atoms with Crippen LogP contribution in [0.2, 0.25) is 0 Å². The van der Waals surface area contributed by atoms with Crippen molar-refractivity contribution in [3.05, 3.63) is 65.5 Å². The molecule has 0 unspecified atom stereocenters. The summed E-state index contributed by atoms with van der Waals surface area (Å²) in [7, 11) is 0. The van der Waals surface area contributed by atoms with E-state index in [1.165, 1.54) is 6.07 Å². The van der Waals surface area contributed by atoms with Gasteiger partial charge in [-0.1, -0.05) is 36.4 Å². The molecule has 4 nitrogen and oxygen atoms in total. The van der Waals surface area contributed by atoms with Crippen molar-refractivity contribution in [1.29, 1.82) is 0 Å². The molecular weight excluding hydrogens is 307 g/mol. The van der Waals surface area contributed by atoms with E-state index in [1.54, 1.807) is 24.0 Å². The molecule has 0 aromatic heterocycles. The van der Waals surface area contributed by atoms with Crippen LogP contribution in [0.4, 0.5) is 10.1 Å². The SMILES string of the molecule is Cc1ccc(NC(=O)CN2C[C@@H](c3ccccc3)CC2=O)cc1F. The predicted octanol–water partition coefficient (Wildman–Crippen LogP) is 3.09. The number of nitrogens with zero attached hydrogens (tertiary/aromatic N) is 1. The van der Waals surface area contributed by atoms with Crippen molar-refractivity contribution in [3.8, 4) is 0 Å². The van der Waals surface area contributed by atoms with Crippen molar-refractivity contribution < 1.29 is 14.0 Å². The fourth-order valence-electron chi connectivity index (χ4n) is 2.92.